The number of nitrogens with two attached hydrogens (primary N) is 2. The summed E-state index contributed by atoms with van der Waals surface area (Å²) in [5, 5.41) is 0. The Morgan fingerprint density at radius 1 is 0.833 bits per heavy atom. The van der Waals surface area contributed by atoms with Crippen molar-refractivity contribution >= 4 is 0 Å². The molecule has 0 amide bonds. The van der Waals surface area contributed by atoms with E-state index in [2.05, 4.69) is 0 Å². The maximum Gasteiger partial charge on any atom is 0.168 e. The zero-order valence-corrected chi connectivity index (χ0v) is 12.4. The summed E-state index contributed by atoms with van der Waals surface area (Å²) in [4.78, 5) is 0. The van der Waals surface area contributed by atoms with Gasteiger partial charge in [-0.2, -0.15) is 0 Å². The van der Waals surface area contributed by atoms with Crippen molar-refractivity contribution in [1.29, 1.82) is 0 Å². The predicted molar refractivity (Wildman–Crippen MR) is 74.3 cm³/mol. The Kier molecular flexibility index (Phi) is 5.18. The monoisotopic (exact) mass is 258 g/mol. The lowest BCUT2D eigenvalue weighted by atomic mass is 9.93. The second-order valence-electron chi connectivity index (χ2n) is 7.03. The van der Waals surface area contributed by atoms with Gasteiger partial charge in [-0.05, 0) is 40.5 Å². The molecule has 0 atom stereocenters. The lowest BCUT2D eigenvalue weighted by Gasteiger charge is -2.40. The molecule has 4 nitrogen and oxygen atoms in total. The van der Waals surface area contributed by atoms with Crippen molar-refractivity contribution in [2.75, 3.05) is 13.2 Å². The highest BCUT2D eigenvalue weighted by Crippen LogP contribution is 2.33. The molecule has 108 valence electrons. The summed E-state index contributed by atoms with van der Waals surface area (Å²) in [6, 6.07) is 0. The van der Waals surface area contributed by atoms with Gasteiger partial charge in [0.2, 0.25) is 0 Å². The van der Waals surface area contributed by atoms with Crippen molar-refractivity contribution in [2.45, 2.75) is 76.7 Å². The maximum atomic E-state index is 6.03. The summed E-state index contributed by atoms with van der Waals surface area (Å²) >= 11 is 0. The van der Waals surface area contributed by atoms with Crippen LogP contribution in [0.1, 0.15) is 59.8 Å². The first-order valence-electron chi connectivity index (χ1n) is 6.98. The molecule has 1 rings (SSSR count). The maximum absolute atomic E-state index is 6.03. The van der Waals surface area contributed by atoms with Crippen LogP contribution in [0.15, 0.2) is 0 Å². The van der Waals surface area contributed by atoms with Crippen LogP contribution in [0.5, 0.6) is 0 Å². The fourth-order valence-corrected chi connectivity index (χ4v) is 2.06. The average molecular weight is 258 g/mol. The first kappa shape index (κ1) is 15.9. The summed E-state index contributed by atoms with van der Waals surface area (Å²) in [6.45, 7) is 8.90. The largest absolute Gasteiger partial charge is 0.348 e. The molecule has 0 spiro atoms. The molecule has 0 aromatic rings. The molecule has 0 heterocycles. The number of hydrogen-bond acceptors (Lipinski definition) is 4. The van der Waals surface area contributed by atoms with Gasteiger partial charge in [-0.3, -0.25) is 0 Å². The van der Waals surface area contributed by atoms with Crippen LogP contribution < -0.4 is 11.5 Å². The Bertz CT molecular complexity index is 228. The van der Waals surface area contributed by atoms with Crippen LogP contribution in [0.4, 0.5) is 0 Å². The number of rotatable bonds is 6. The van der Waals surface area contributed by atoms with E-state index in [1.54, 1.807) is 0 Å². The van der Waals surface area contributed by atoms with Crippen LogP contribution in [0.25, 0.3) is 0 Å². The molecule has 1 aliphatic rings. The second kappa shape index (κ2) is 5.87. The zero-order valence-electron chi connectivity index (χ0n) is 12.4. The second-order valence-corrected chi connectivity index (χ2v) is 7.03. The average Bonchev–Trinajstić information content (AvgIpc) is 2.24. The minimum absolute atomic E-state index is 0.327. The first-order valence-corrected chi connectivity index (χ1v) is 6.98. The van der Waals surface area contributed by atoms with Gasteiger partial charge < -0.3 is 20.9 Å². The Balaban J connectivity index is 2.57. The third kappa shape index (κ3) is 6.14. The van der Waals surface area contributed by atoms with E-state index in [0.29, 0.717) is 13.2 Å². The Morgan fingerprint density at radius 2 is 1.22 bits per heavy atom. The smallest absolute Gasteiger partial charge is 0.168 e. The molecule has 1 aliphatic carbocycles. The molecule has 0 radical (unpaired) electrons. The quantitative estimate of drug-likeness (QED) is 0.716. The molecular formula is C14H30N2O2. The van der Waals surface area contributed by atoms with Crippen molar-refractivity contribution in [2.24, 2.45) is 11.5 Å². The van der Waals surface area contributed by atoms with Crippen LogP contribution in [-0.4, -0.2) is 30.1 Å². The summed E-state index contributed by atoms with van der Waals surface area (Å²) in [6.07, 6.45) is 5.44. The third-order valence-corrected chi connectivity index (χ3v) is 3.03. The molecule has 0 unspecified atom stereocenters. The molecular weight excluding hydrogens is 228 g/mol. The minimum Gasteiger partial charge on any atom is -0.348 e. The van der Waals surface area contributed by atoms with E-state index in [0.717, 1.165) is 25.7 Å². The molecule has 18 heavy (non-hydrogen) atoms. The lowest BCUT2D eigenvalue weighted by molar-refractivity contribution is -0.262. The summed E-state index contributed by atoms with van der Waals surface area (Å²) < 4.78 is 12.1. The van der Waals surface area contributed by atoms with Crippen molar-refractivity contribution < 1.29 is 9.47 Å². The van der Waals surface area contributed by atoms with E-state index in [1.807, 2.05) is 27.7 Å². The molecule has 0 aliphatic heterocycles. The Labute approximate surface area is 111 Å². The Hall–Kier alpha value is -0.160. The molecule has 0 aromatic carbocycles. The fraction of sp³-hybridized carbons (Fsp3) is 1.00. The van der Waals surface area contributed by atoms with E-state index in [9.17, 15) is 0 Å². The van der Waals surface area contributed by atoms with Gasteiger partial charge in [0.25, 0.3) is 0 Å². The SMILES string of the molecule is CC(C)(N)COC1(OCC(C)(C)N)CCCCC1. The van der Waals surface area contributed by atoms with Crippen LogP contribution in [0.3, 0.4) is 0 Å². The molecule has 0 bridgehead atoms. The highest BCUT2D eigenvalue weighted by atomic mass is 16.7. The first-order chi connectivity index (χ1) is 8.12. The Morgan fingerprint density at radius 3 is 1.56 bits per heavy atom. The van der Waals surface area contributed by atoms with E-state index in [1.165, 1.54) is 6.42 Å². The summed E-state index contributed by atoms with van der Waals surface area (Å²) in [5.41, 5.74) is 11.3. The van der Waals surface area contributed by atoms with Gasteiger partial charge in [-0.15, -0.1) is 0 Å². The molecule has 1 saturated carbocycles. The van der Waals surface area contributed by atoms with Crippen LogP contribution in [0.2, 0.25) is 0 Å². The van der Waals surface area contributed by atoms with Crippen molar-refractivity contribution in [3.63, 3.8) is 0 Å². The molecule has 0 saturated heterocycles. The van der Waals surface area contributed by atoms with Crippen LogP contribution in [0, 0.1) is 0 Å². The predicted octanol–water partition coefficient (Wildman–Crippen LogP) is 2.15. The van der Waals surface area contributed by atoms with E-state index in [4.69, 9.17) is 20.9 Å². The van der Waals surface area contributed by atoms with Gasteiger partial charge in [0, 0.05) is 23.9 Å². The highest BCUT2D eigenvalue weighted by Gasteiger charge is 2.36. The molecule has 1 fully saturated rings. The summed E-state index contributed by atoms with van der Waals surface area (Å²) in [7, 11) is 0. The topological polar surface area (TPSA) is 70.5 Å². The highest BCUT2D eigenvalue weighted by molar-refractivity contribution is 4.81. The van der Waals surface area contributed by atoms with Gasteiger partial charge in [0.15, 0.2) is 5.79 Å². The normalized spacial score (nSPS) is 21.0. The zero-order chi connectivity index (χ0) is 13.9. The van der Waals surface area contributed by atoms with Gasteiger partial charge in [-0.1, -0.05) is 6.42 Å². The number of ether oxygens (including phenoxy) is 2. The number of hydrogen-bond donors (Lipinski definition) is 2. The van der Waals surface area contributed by atoms with Gasteiger partial charge in [-0.25, -0.2) is 0 Å². The molecule has 0 aromatic heterocycles. The van der Waals surface area contributed by atoms with E-state index in [-0.39, 0.29) is 11.1 Å². The standard InChI is InChI=1S/C14H30N2O2/c1-12(2,15)10-17-14(8-6-5-7-9-14)18-11-13(3,4)16/h5-11,15-16H2,1-4H3. The lowest BCUT2D eigenvalue weighted by Crippen LogP contribution is -2.49. The van der Waals surface area contributed by atoms with Crippen LogP contribution in [-0.2, 0) is 9.47 Å². The third-order valence-electron chi connectivity index (χ3n) is 3.03. The van der Waals surface area contributed by atoms with Crippen LogP contribution >= 0.6 is 0 Å². The van der Waals surface area contributed by atoms with E-state index < -0.39 is 5.79 Å². The van der Waals surface area contributed by atoms with Gasteiger partial charge in [0.1, 0.15) is 0 Å². The summed E-state index contributed by atoms with van der Waals surface area (Å²) in [5.74, 6) is -0.467. The van der Waals surface area contributed by atoms with Crippen molar-refractivity contribution in [3.8, 4) is 0 Å². The van der Waals surface area contributed by atoms with Crippen molar-refractivity contribution in [1.82, 2.24) is 0 Å². The van der Waals surface area contributed by atoms with Gasteiger partial charge in [0.05, 0.1) is 13.2 Å². The van der Waals surface area contributed by atoms with E-state index >= 15 is 0 Å². The molecule has 4 heteroatoms. The van der Waals surface area contributed by atoms with Crippen molar-refractivity contribution in [3.05, 3.63) is 0 Å². The minimum atomic E-state index is -0.467. The van der Waals surface area contributed by atoms with Gasteiger partial charge >= 0.3 is 0 Å². The molecule has 4 N–H and O–H groups in total. The fourth-order valence-electron chi connectivity index (χ4n) is 2.06.